The van der Waals surface area contributed by atoms with Crippen molar-refractivity contribution < 1.29 is 9.53 Å². The SMILES string of the molecule is CCCOCC(=O)N1CCCC1C1CCCN1. The van der Waals surface area contributed by atoms with Gasteiger partial charge in [0.15, 0.2) is 0 Å². The molecule has 2 aliphatic heterocycles. The van der Waals surface area contributed by atoms with E-state index in [4.69, 9.17) is 4.74 Å². The lowest BCUT2D eigenvalue weighted by atomic mass is 10.0. The van der Waals surface area contributed by atoms with Gasteiger partial charge in [-0.05, 0) is 38.6 Å². The standard InChI is InChI=1S/C13H24N2O2/c1-2-9-17-10-13(16)15-8-4-6-12(15)11-5-3-7-14-11/h11-12,14H,2-10H2,1H3. The molecule has 0 aromatic heterocycles. The monoisotopic (exact) mass is 240 g/mol. The molecule has 0 aliphatic carbocycles. The zero-order chi connectivity index (χ0) is 12.1. The van der Waals surface area contributed by atoms with Crippen LogP contribution in [0.15, 0.2) is 0 Å². The van der Waals surface area contributed by atoms with Crippen LogP contribution in [0.2, 0.25) is 0 Å². The number of likely N-dealkylation sites (tertiary alicyclic amines) is 1. The topological polar surface area (TPSA) is 41.6 Å². The minimum Gasteiger partial charge on any atom is -0.372 e. The van der Waals surface area contributed by atoms with Gasteiger partial charge in [-0.25, -0.2) is 0 Å². The molecule has 0 radical (unpaired) electrons. The van der Waals surface area contributed by atoms with Crippen molar-refractivity contribution >= 4 is 5.91 Å². The van der Waals surface area contributed by atoms with Gasteiger partial charge in [-0.2, -0.15) is 0 Å². The molecule has 2 unspecified atom stereocenters. The largest absolute Gasteiger partial charge is 0.372 e. The van der Waals surface area contributed by atoms with Crippen molar-refractivity contribution in [1.82, 2.24) is 10.2 Å². The maximum Gasteiger partial charge on any atom is 0.248 e. The highest BCUT2D eigenvalue weighted by Crippen LogP contribution is 2.24. The number of hydrogen-bond donors (Lipinski definition) is 1. The Bertz CT molecular complexity index is 252. The Kier molecular flexibility index (Phi) is 4.80. The number of carbonyl (C=O) groups excluding carboxylic acids is 1. The van der Waals surface area contributed by atoms with Crippen LogP contribution >= 0.6 is 0 Å². The molecule has 0 aromatic rings. The van der Waals surface area contributed by atoms with Crippen molar-refractivity contribution in [2.24, 2.45) is 0 Å². The van der Waals surface area contributed by atoms with Gasteiger partial charge < -0.3 is 15.0 Å². The normalized spacial score (nSPS) is 28.9. The lowest BCUT2D eigenvalue weighted by Crippen LogP contribution is -2.47. The molecular weight excluding hydrogens is 216 g/mol. The van der Waals surface area contributed by atoms with E-state index in [1.165, 1.54) is 12.8 Å². The summed E-state index contributed by atoms with van der Waals surface area (Å²) in [4.78, 5) is 14.1. The first-order valence-corrected chi connectivity index (χ1v) is 6.93. The van der Waals surface area contributed by atoms with Crippen molar-refractivity contribution in [1.29, 1.82) is 0 Å². The quantitative estimate of drug-likeness (QED) is 0.733. The van der Waals surface area contributed by atoms with Gasteiger partial charge in [0.25, 0.3) is 0 Å². The summed E-state index contributed by atoms with van der Waals surface area (Å²) in [7, 11) is 0. The van der Waals surface area contributed by atoms with Gasteiger partial charge in [-0.3, -0.25) is 4.79 Å². The number of rotatable bonds is 5. The first kappa shape index (κ1) is 12.8. The van der Waals surface area contributed by atoms with Gasteiger partial charge in [0, 0.05) is 25.2 Å². The second-order valence-corrected chi connectivity index (χ2v) is 5.05. The fraction of sp³-hybridized carbons (Fsp3) is 0.923. The third-order valence-corrected chi connectivity index (χ3v) is 3.76. The summed E-state index contributed by atoms with van der Waals surface area (Å²) < 4.78 is 5.36. The summed E-state index contributed by atoms with van der Waals surface area (Å²) in [5.41, 5.74) is 0. The van der Waals surface area contributed by atoms with Crippen LogP contribution in [0, 0.1) is 0 Å². The molecule has 0 bridgehead atoms. The van der Waals surface area contributed by atoms with Crippen LogP contribution in [0.4, 0.5) is 0 Å². The molecule has 0 saturated carbocycles. The Morgan fingerprint density at radius 3 is 3.00 bits per heavy atom. The fourth-order valence-electron chi connectivity index (χ4n) is 2.95. The van der Waals surface area contributed by atoms with Gasteiger partial charge in [0.05, 0.1) is 0 Å². The molecule has 1 amide bonds. The molecule has 2 saturated heterocycles. The van der Waals surface area contributed by atoms with E-state index >= 15 is 0 Å². The zero-order valence-corrected chi connectivity index (χ0v) is 10.8. The van der Waals surface area contributed by atoms with Crippen molar-refractivity contribution in [3.63, 3.8) is 0 Å². The van der Waals surface area contributed by atoms with Crippen LogP contribution in [0.25, 0.3) is 0 Å². The third-order valence-electron chi connectivity index (χ3n) is 3.76. The molecule has 2 aliphatic rings. The van der Waals surface area contributed by atoms with Crippen molar-refractivity contribution in [3.05, 3.63) is 0 Å². The van der Waals surface area contributed by atoms with E-state index in [-0.39, 0.29) is 12.5 Å². The van der Waals surface area contributed by atoms with E-state index in [1.807, 2.05) is 4.90 Å². The highest BCUT2D eigenvalue weighted by molar-refractivity contribution is 5.78. The second kappa shape index (κ2) is 6.36. The molecule has 2 atom stereocenters. The molecule has 17 heavy (non-hydrogen) atoms. The second-order valence-electron chi connectivity index (χ2n) is 5.05. The Labute approximate surface area is 104 Å². The van der Waals surface area contributed by atoms with Crippen LogP contribution < -0.4 is 5.32 Å². The number of amides is 1. The zero-order valence-electron chi connectivity index (χ0n) is 10.8. The van der Waals surface area contributed by atoms with Crippen molar-refractivity contribution in [3.8, 4) is 0 Å². The number of ether oxygens (including phenoxy) is 1. The molecule has 4 heteroatoms. The number of nitrogens with one attached hydrogen (secondary N) is 1. The summed E-state index contributed by atoms with van der Waals surface area (Å²) in [5, 5.41) is 3.52. The summed E-state index contributed by atoms with van der Waals surface area (Å²) in [6.45, 7) is 5.03. The van der Waals surface area contributed by atoms with Gasteiger partial charge in [0.1, 0.15) is 6.61 Å². The number of carbonyl (C=O) groups is 1. The fourth-order valence-corrected chi connectivity index (χ4v) is 2.95. The average molecular weight is 240 g/mol. The van der Waals surface area contributed by atoms with Crippen LogP contribution in [0.1, 0.15) is 39.0 Å². The highest BCUT2D eigenvalue weighted by Gasteiger charge is 2.35. The predicted molar refractivity (Wildman–Crippen MR) is 66.9 cm³/mol. The van der Waals surface area contributed by atoms with E-state index in [0.29, 0.717) is 18.7 Å². The van der Waals surface area contributed by atoms with Gasteiger partial charge in [-0.1, -0.05) is 6.92 Å². The van der Waals surface area contributed by atoms with Crippen molar-refractivity contribution in [2.75, 3.05) is 26.3 Å². The third kappa shape index (κ3) is 3.19. The summed E-state index contributed by atoms with van der Waals surface area (Å²) in [6, 6.07) is 0.933. The minimum atomic E-state index is 0.176. The maximum atomic E-state index is 12.1. The number of hydrogen-bond acceptors (Lipinski definition) is 3. The maximum absolute atomic E-state index is 12.1. The minimum absolute atomic E-state index is 0.176. The van der Waals surface area contributed by atoms with Crippen LogP contribution in [0.3, 0.4) is 0 Å². The van der Waals surface area contributed by atoms with Crippen molar-refractivity contribution in [2.45, 2.75) is 51.1 Å². The Morgan fingerprint density at radius 1 is 1.41 bits per heavy atom. The van der Waals surface area contributed by atoms with E-state index < -0.39 is 0 Å². The molecule has 1 N–H and O–H groups in total. The summed E-state index contributed by atoms with van der Waals surface area (Å²) in [6.07, 6.45) is 5.72. The predicted octanol–water partition coefficient (Wildman–Crippen LogP) is 1.16. The van der Waals surface area contributed by atoms with Crippen LogP contribution in [-0.2, 0) is 9.53 Å². The molecule has 2 fully saturated rings. The smallest absolute Gasteiger partial charge is 0.248 e. The first-order valence-electron chi connectivity index (χ1n) is 6.93. The number of nitrogens with zero attached hydrogens (tertiary/aromatic N) is 1. The van der Waals surface area contributed by atoms with Crippen LogP contribution in [-0.4, -0.2) is 49.2 Å². The van der Waals surface area contributed by atoms with Gasteiger partial charge in [-0.15, -0.1) is 0 Å². The summed E-state index contributed by atoms with van der Waals surface area (Å²) in [5.74, 6) is 0.176. The molecule has 0 aromatic carbocycles. The van der Waals surface area contributed by atoms with Gasteiger partial charge in [0.2, 0.25) is 5.91 Å². The van der Waals surface area contributed by atoms with E-state index in [2.05, 4.69) is 12.2 Å². The van der Waals surface area contributed by atoms with E-state index in [9.17, 15) is 4.79 Å². The molecule has 0 spiro atoms. The average Bonchev–Trinajstić information content (AvgIpc) is 2.99. The molecule has 98 valence electrons. The Morgan fingerprint density at radius 2 is 2.29 bits per heavy atom. The lowest BCUT2D eigenvalue weighted by molar-refractivity contribution is -0.137. The molecule has 2 heterocycles. The lowest BCUT2D eigenvalue weighted by Gasteiger charge is -2.29. The molecular formula is C13H24N2O2. The Hall–Kier alpha value is -0.610. The van der Waals surface area contributed by atoms with E-state index in [1.54, 1.807) is 0 Å². The Balaban J connectivity index is 1.83. The molecule has 2 rings (SSSR count). The van der Waals surface area contributed by atoms with Gasteiger partial charge >= 0.3 is 0 Å². The van der Waals surface area contributed by atoms with Crippen LogP contribution in [0.5, 0.6) is 0 Å². The summed E-state index contributed by atoms with van der Waals surface area (Å²) >= 11 is 0. The van der Waals surface area contributed by atoms with E-state index in [0.717, 1.165) is 32.4 Å². The first-order chi connectivity index (χ1) is 8.33. The molecule has 4 nitrogen and oxygen atoms in total. The highest BCUT2D eigenvalue weighted by atomic mass is 16.5.